The summed E-state index contributed by atoms with van der Waals surface area (Å²) in [5, 5.41) is 0.455. The van der Waals surface area contributed by atoms with E-state index >= 15 is 0 Å². The number of nitrogens with two attached hydrogens (primary N) is 1. The van der Waals surface area contributed by atoms with Gasteiger partial charge in [-0.2, -0.15) is 4.39 Å². The van der Waals surface area contributed by atoms with Crippen LogP contribution in [-0.2, 0) is 0 Å². The van der Waals surface area contributed by atoms with Gasteiger partial charge in [-0.1, -0.05) is 0 Å². The fourth-order valence-corrected chi connectivity index (χ4v) is 2.01. The van der Waals surface area contributed by atoms with E-state index in [0.29, 0.717) is 17.5 Å². The van der Waals surface area contributed by atoms with Crippen molar-refractivity contribution >= 4 is 33.4 Å². The highest BCUT2D eigenvalue weighted by molar-refractivity contribution is 7.17. The molecule has 0 bridgehead atoms. The molecule has 2 N–H and O–H groups in total. The van der Waals surface area contributed by atoms with Gasteiger partial charge < -0.3 is 5.73 Å². The molecule has 0 saturated carbocycles. The Morgan fingerprint density at radius 1 is 1.38 bits per heavy atom. The van der Waals surface area contributed by atoms with Crippen molar-refractivity contribution in [3.63, 3.8) is 0 Å². The van der Waals surface area contributed by atoms with Gasteiger partial charge in [-0.05, 0) is 23.6 Å². The zero-order chi connectivity index (χ0) is 9.42. The fourth-order valence-electron chi connectivity index (χ4n) is 1.19. The highest BCUT2D eigenvalue weighted by Crippen LogP contribution is 2.27. The van der Waals surface area contributed by atoms with Gasteiger partial charge in [0.25, 0.3) is 0 Å². The first-order chi connectivity index (χ1) is 6.20. The highest BCUT2D eigenvalue weighted by atomic mass is 32.1. The molecule has 0 fully saturated rings. The molecule has 0 spiro atoms. The molecule has 0 unspecified atom stereocenters. The van der Waals surface area contributed by atoms with Gasteiger partial charge in [0.05, 0.1) is 0 Å². The lowest BCUT2D eigenvalue weighted by molar-refractivity contribution is 0.112. The number of aldehydes is 1. The smallest absolute Gasteiger partial charge is 0.177 e. The van der Waals surface area contributed by atoms with Crippen LogP contribution < -0.4 is 5.73 Å². The van der Waals surface area contributed by atoms with Crippen molar-refractivity contribution in [2.45, 2.75) is 0 Å². The van der Waals surface area contributed by atoms with Gasteiger partial charge in [0.15, 0.2) is 11.4 Å². The predicted octanol–water partition coefficient (Wildman–Crippen LogP) is 2.44. The molecule has 1 heterocycles. The summed E-state index contributed by atoms with van der Waals surface area (Å²) in [4.78, 5) is 10.5. The maximum atomic E-state index is 12.8. The van der Waals surface area contributed by atoms with Crippen LogP contribution in [0.1, 0.15) is 10.4 Å². The number of nitrogen functional groups attached to an aromatic ring is 1. The minimum Gasteiger partial charge on any atom is -0.398 e. The van der Waals surface area contributed by atoms with Gasteiger partial charge >= 0.3 is 0 Å². The molecule has 1 aromatic heterocycles. The Hall–Kier alpha value is -1.42. The summed E-state index contributed by atoms with van der Waals surface area (Å²) in [6, 6.07) is 4.61. The topological polar surface area (TPSA) is 43.1 Å². The molecule has 0 aliphatic carbocycles. The maximum absolute atomic E-state index is 12.8. The van der Waals surface area contributed by atoms with E-state index in [-0.39, 0.29) is 5.13 Å². The Labute approximate surface area is 77.8 Å². The SMILES string of the molecule is Nc1cc2sc(F)cc2cc1C=O. The molecular weight excluding hydrogens is 189 g/mol. The summed E-state index contributed by atoms with van der Waals surface area (Å²) in [7, 11) is 0. The molecular formula is C9H6FNOS. The van der Waals surface area contributed by atoms with E-state index < -0.39 is 0 Å². The third-order valence-corrected chi connectivity index (χ3v) is 2.71. The van der Waals surface area contributed by atoms with Crippen molar-refractivity contribution in [1.82, 2.24) is 0 Å². The second-order valence-electron chi connectivity index (χ2n) is 2.69. The molecule has 0 radical (unpaired) electrons. The molecule has 0 saturated heterocycles. The van der Waals surface area contributed by atoms with Gasteiger partial charge in [0, 0.05) is 16.0 Å². The van der Waals surface area contributed by atoms with Gasteiger partial charge in [0.1, 0.15) is 0 Å². The highest BCUT2D eigenvalue weighted by Gasteiger charge is 2.04. The summed E-state index contributed by atoms with van der Waals surface area (Å²) in [5.41, 5.74) is 6.36. The van der Waals surface area contributed by atoms with E-state index in [9.17, 15) is 9.18 Å². The lowest BCUT2D eigenvalue weighted by Crippen LogP contribution is -1.91. The number of carbonyl (C=O) groups excluding carboxylic acids is 1. The van der Waals surface area contributed by atoms with E-state index in [1.165, 1.54) is 6.07 Å². The minimum atomic E-state index is -0.266. The average molecular weight is 195 g/mol. The molecule has 4 heteroatoms. The molecule has 2 rings (SSSR count). The van der Waals surface area contributed by atoms with Crippen molar-refractivity contribution in [3.05, 3.63) is 28.9 Å². The average Bonchev–Trinajstić information content (AvgIpc) is 2.42. The summed E-state index contributed by atoms with van der Waals surface area (Å²) in [6.45, 7) is 0. The van der Waals surface area contributed by atoms with Crippen molar-refractivity contribution < 1.29 is 9.18 Å². The van der Waals surface area contributed by atoms with Gasteiger partial charge in [-0.25, -0.2) is 0 Å². The molecule has 2 nitrogen and oxygen atoms in total. The molecule has 1 aromatic carbocycles. The van der Waals surface area contributed by atoms with Crippen LogP contribution in [0.5, 0.6) is 0 Å². The van der Waals surface area contributed by atoms with Crippen LogP contribution in [-0.4, -0.2) is 6.29 Å². The van der Waals surface area contributed by atoms with Crippen LogP contribution >= 0.6 is 11.3 Å². The Balaban J connectivity index is 2.79. The molecule has 0 aliphatic heterocycles. The van der Waals surface area contributed by atoms with E-state index in [1.54, 1.807) is 12.1 Å². The normalized spacial score (nSPS) is 10.5. The predicted molar refractivity (Wildman–Crippen MR) is 51.6 cm³/mol. The third kappa shape index (κ3) is 1.29. The zero-order valence-electron chi connectivity index (χ0n) is 6.58. The number of anilines is 1. The zero-order valence-corrected chi connectivity index (χ0v) is 7.40. The van der Waals surface area contributed by atoms with Crippen LogP contribution in [0.3, 0.4) is 0 Å². The van der Waals surface area contributed by atoms with Crippen molar-refractivity contribution in [2.24, 2.45) is 0 Å². The molecule has 0 amide bonds. The second-order valence-corrected chi connectivity index (χ2v) is 3.72. The lowest BCUT2D eigenvalue weighted by Gasteiger charge is -1.96. The number of hydrogen-bond donors (Lipinski definition) is 1. The Morgan fingerprint density at radius 3 is 2.85 bits per heavy atom. The largest absolute Gasteiger partial charge is 0.398 e. The number of thiophene rings is 1. The standard InChI is InChI=1S/C9H6FNOS/c10-9-2-5-1-6(4-12)7(11)3-8(5)13-9/h1-4H,11H2. The molecule has 2 aromatic rings. The van der Waals surface area contributed by atoms with Gasteiger partial charge in [-0.3, -0.25) is 4.79 Å². The maximum Gasteiger partial charge on any atom is 0.177 e. The van der Waals surface area contributed by atoms with Crippen molar-refractivity contribution in [1.29, 1.82) is 0 Å². The monoisotopic (exact) mass is 195 g/mol. The first-order valence-corrected chi connectivity index (χ1v) is 4.46. The summed E-state index contributed by atoms with van der Waals surface area (Å²) < 4.78 is 13.5. The van der Waals surface area contributed by atoms with Crippen LogP contribution in [0.2, 0.25) is 0 Å². The van der Waals surface area contributed by atoms with E-state index in [0.717, 1.165) is 21.4 Å². The van der Waals surface area contributed by atoms with E-state index in [2.05, 4.69) is 0 Å². The van der Waals surface area contributed by atoms with Crippen LogP contribution in [0, 0.1) is 5.13 Å². The van der Waals surface area contributed by atoms with Gasteiger partial charge in [0.2, 0.25) is 0 Å². The molecule has 0 aliphatic rings. The molecule has 0 atom stereocenters. The quantitative estimate of drug-likeness (QED) is 0.561. The minimum absolute atomic E-state index is 0.266. The summed E-state index contributed by atoms with van der Waals surface area (Å²) in [6.07, 6.45) is 0.671. The van der Waals surface area contributed by atoms with Crippen molar-refractivity contribution in [2.75, 3.05) is 5.73 Å². The van der Waals surface area contributed by atoms with E-state index in [1.807, 2.05) is 0 Å². The number of benzene rings is 1. The molecule has 66 valence electrons. The number of fused-ring (bicyclic) bond motifs is 1. The van der Waals surface area contributed by atoms with E-state index in [4.69, 9.17) is 5.73 Å². The van der Waals surface area contributed by atoms with Gasteiger partial charge in [-0.15, -0.1) is 11.3 Å². The second kappa shape index (κ2) is 2.81. The lowest BCUT2D eigenvalue weighted by atomic mass is 10.1. The fraction of sp³-hybridized carbons (Fsp3) is 0. The number of hydrogen-bond acceptors (Lipinski definition) is 3. The number of halogens is 1. The van der Waals surface area contributed by atoms with Crippen LogP contribution in [0.15, 0.2) is 18.2 Å². The first-order valence-electron chi connectivity index (χ1n) is 3.64. The Morgan fingerprint density at radius 2 is 2.15 bits per heavy atom. The number of carbonyl (C=O) groups is 1. The van der Waals surface area contributed by atoms with Crippen LogP contribution in [0.4, 0.5) is 10.1 Å². The van der Waals surface area contributed by atoms with Crippen LogP contribution in [0.25, 0.3) is 10.1 Å². The summed E-state index contributed by atoms with van der Waals surface area (Å²) >= 11 is 1.02. The summed E-state index contributed by atoms with van der Waals surface area (Å²) in [5.74, 6) is 0. The number of rotatable bonds is 1. The van der Waals surface area contributed by atoms with Crippen molar-refractivity contribution in [3.8, 4) is 0 Å². The Bertz CT molecular complexity index is 478. The molecule has 13 heavy (non-hydrogen) atoms. The first kappa shape index (κ1) is 8.19. The Kier molecular flexibility index (Phi) is 1.77. The third-order valence-electron chi connectivity index (χ3n) is 1.82.